The van der Waals surface area contributed by atoms with Gasteiger partial charge in [-0.2, -0.15) is 0 Å². The molecule has 0 spiro atoms. The van der Waals surface area contributed by atoms with Crippen LogP contribution in [0.25, 0.3) is 16.7 Å². The summed E-state index contributed by atoms with van der Waals surface area (Å²) in [7, 11) is 0. The van der Waals surface area contributed by atoms with Gasteiger partial charge in [-0.25, -0.2) is 9.18 Å². The van der Waals surface area contributed by atoms with Crippen LogP contribution in [-0.2, 0) is 11.4 Å². The maximum absolute atomic E-state index is 14.9. The molecular formula is C26H23FN4O3. The second-order valence-electron chi connectivity index (χ2n) is 8.17. The summed E-state index contributed by atoms with van der Waals surface area (Å²) < 4.78 is 23.7. The Morgan fingerprint density at radius 3 is 2.76 bits per heavy atom. The van der Waals surface area contributed by atoms with Crippen molar-refractivity contribution in [1.29, 1.82) is 0 Å². The number of rotatable bonds is 6. The van der Waals surface area contributed by atoms with Crippen LogP contribution in [0.5, 0.6) is 5.75 Å². The highest BCUT2D eigenvalue weighted by Gasteiger charge is 2.30. The van der Waals surface area contributed by atoms with Gasteiger partial charge >= 0.3 is 5.69 Å². The number of hydrogen-bond acceptors (Lipinski definition) is 4. The molecule has 7 nitrogen and oxygen atoms in total. The van der Waals surface area contributed by atoms with Gasteiger partial charge in [-0.15, -0.1) is 0 Å². The van der Waals surface area contributed by atoms with Crippen molar-refractivity contribution in [3.05, 3.63) is 102 Å². The number of likely N-dealkylation sites (tertiary alicyclic amines) is 1. The van der Waals surface area contributed by atoms with Gasteiger partial charge in [-0.1, -0.05) is 36.9 Å². The Morgan fingerprint density at radius 1 is 1.18 bits per heavy atom. The van der Waals surface area contributed by atoms with Crippen LogP contribution in [0.15, 0.2) is 84.4 Å². The normalized spacial score (nSPS) is 15.6. The van der Waals surface area contributed by atoms with Crippen LogP contribution < -0.4 is 10.4 Å². The molecule has 0 aliphatic carbocycles. The van der Waals surface area contributed by atoms with Gasteiger partial charge in [-0.3, -0.25) is 18.9 Å². The molecule has 0 radical (unpaired) electrons. The number of nitrogens with zero attached hydrogens (tertiary/aromatic N) is 4. The van der Waals surface area contributed by atoms with E-state index in [1.54, 1.807) is 34.0 Å². The summed E-state index contributed by atoms with van der Waals surface area (Å²) in [5, 5.41) is 0. The van der Waals surface area contributed by atoms with Crippen LogP contribution in [-0.4, -0.2) is 38.0 Å². The third kappa shape index (κ3) is 3.87. The van der Waals surface area contributed by atoms with Gasteiger partial charge < -0.3 is 9.64 Å². The molecule has 4 aromatic rings. The van der Waals surface area contributed by atoms with Crippen molar-refractivity contribution in [1.82, 2.24) is 19.0 Å². The van der Waals surface area contributed by atoms with Crippen molar-refractivity contribution in [2.45, 2.75) is 19.1 Å². The number of pyridine rings is 1. The van der Waals surface area contributed by atoms with Crippen molar-refractivity contribution in [3.63, 3.8) is 0 Å². The molecule has 1 unspecified atom stereocenters. The molecule has 172 valence electrons. The molecule has 1 aliphatic heterocycles. The van der Waals surface area contributed by atoms with E-state index in [0.29, 0.717) is 36.2 Å². The average molecular weight is 458 g/mol. The molecule has 1 amide bonds. The number of carbonyl (C=O) groups excluding carboxylic acids is 1. The number of amides is 1. The van der Waals surface area contributed by atoms with E-state index in [1.807, 2.05) is 30.3 Å². The molecule has 2 aromatic carbocycles. The second kappa shape index (κ2) is 8.97. The van der Waals surface area contributed by atoms with Crippen molar-refractivity contribution in [2.75, 3.05) is 13.1 Å². The standard InChI is InChI=1S/C26H23FN4O3/c1-2-25(32)29-13-11-20(16-29)31-22-10-12-28-15-23(22)30(26(31)33)19-8-9-24(21(27)14-19)34-17-18-6-4-3-5-7-18/h2-10,12,14-15,20H,1,11,13,16-17H2. The number of imidazole rings is 1. The fraction of sp³-hybridized carbons (Fsp3) is 0.192. The SMILES string of the molecule is C=CC(=O)N1CCC(n2c(=O)n(-c3ccc(OCc4ccccc4)c(F)c3)c3cnccc32)C1. The van der Waals surface area contributed by atoms with Gasteiger partial charge in [0, 0.05) is 25.4 Å². The fourth-order valence-electron chi connectivity index (χ4n) is 4.43. The zero-order valence-electron chi connectivity index (χ0n) is 18.4. The molecular weight excluding hydrogens is 435 g/mol. The molecule has 0 saturated carbocycles. The number of fused-ring (bicyclic) bond motifs is 1. The van der Waals surface area contributed by atoms with E-state index in [2.05, 4.69) is 11.6 Å². The van der Waals surface area contributed by atoms with Crippen LogP contribution in [0.1, 0.15) is 18.0 Å². The Hall–Kier alpha value is -4.20. The minimum Gasteiger partial charge on any atom is -0.486 e. The molecule has 0 N–H and O–H groups in total. The van der Waals surface area contributed by atoms with Crippen LogP contribution in [0.3, 0.4) is 0 Å². The fourth-order valence-corrected chi connectivity index (χ4v) is 4.43. The maximum atomic E-state index is 14.9. The number of ether oxygens (including phenoxy) is 1. The third-order valence-corrected chi connectivity index (χ3v) is 6.10. The van der Waals surface area contributed by atoms with Crippen molar-refractivity contribution >= 4 is 16.9 Å². The summed E-state index contributed by atoms with van der Waals surface area (Å²) in [5.41, 5.74) is 2.25. The molecule has 34 heavy (non-hydrogen) atoms. The molecule has 3 heterocycles. The number of benzene rings is 2. The van der Waals surface area contributed by atoms with Crippen LogP contribution >= 0.6 is 0 Å². The van der Waals surface area contributed by atoms with Crippen LogP contribution in [0.2, 0.25) is 0 Å². The van der Waals surface area contributed by atoms with E-state index in [9.17, 15) is 14.0 Å². The summed E-state index contributed by atoms with van der Waals surface area (Å²) in [6, 6.07) is 15.5. The van der Waals surface area contributed by atoms with Gasteiger partial charge in [0.25, 0.3) is 0 Å². The Bertz CT molecular complexity index is 1430. The van der Waals surface area contributed by atoms with E-state index in [1.165, 1.54) is 22.8 Å². The number of hydrogen-bond donors (Lipinski definition) is 0. The van der Waals surface area contributed by atoms with E-state index in [4.69, 9.17) is 4.74 Å². The molecule has 5 rings (SSSR count). The lowest BCUT2D eigenvalue weighted by atomic mass is 10.2. The Kier molecular flexibility index (Phi) is 5.71. The summed E-state index contributed by atoms with van der Waals surface area (Å²) in [5.74, 6) is -0.611. The van der Waals surface area contributed by atoms with Gasteiger partial charge in [0.2, 0.25) is 5.91 Å². The largest absolute Gasteiger partial charge is 0.486 e. The average Bonchev–Trinajstić information content (AvgIpc) is 3.45. The van der Waals surface area contributed by atoms with E-state index in [-0.39, 0.29) is 30.0 Å². The molecule has 1 fully saturated rings. The predicted molar refractivity (Wildman–Crippen MR) is 126 cm³/mol. The molecule has 8 heteroatoms. The minimum absolute atomic E-state index is 0.108. The number of halogens is 1. The summed E-state index contributed by atoms with van der Waals surface area (Å²) >= 11 is 0. The van der Waals surface area contributed by atoms with E-state index >= 15 is 0 Å². The maximum Gasteiger partial charge on any atom is 0.334 e. The summed E-state index contributed by atoms with van der Waals surface area (Å²) in [6.07, 6.45) is 5.13. The van der Waals surface area contributed by atoms with Gasteiger partial charge in [0.05, 0.1) is 29.0 Å². The highest BCUT2D eigenvalue weighted by molar-refractivity contribution is 5.87. The van der Waals surface area contributed by atoms with Gasteiger partial charge in [0.1, 0.15) is 6.61 Å². The number of aromatic nitrogens is 3. The molecule has 2 aromatic heterocycles. The first-order valence-electron chi connectivity index (χ1n) is 11.0. The first-order valence-corrected chi connectivity index (χ1v) is 11.0. The molecule has 1 saturated heterocycles. The lowest BCUT2D eigenvalue weighted by Gasteiger charge is -2.15. The highest BCUT2D eigenvalue weighted by Crippen LogP contribution is 2.28. The topological polar surface area (TPSA) is 69.4 Å². The quantitative estimate of drug-likeness (QED) is 0.412. The third-order valence-electron chi connectivity index (χ3n) is 6.10. The first kappa shape index (κ1) is 21.6. The van der Waals surface area contributed by atoms with Crippen molar-refractivity contribution < 1.29 is 13.9 Å². The van der Waals surface area contributed by atoms with Crippen molar-refractivity contribution in [2.24, 2.45) is 0 Å². The zero-order chi connectivity index (χ0) is 23.7. The highest BCUT2D eigenvalue weighted by atomic mass is 19.1. The Labute approximate surface area is 195 Å². The molecule has 0 bridgehead atoms. The lowest BCUT2D eigenvalue weighted by Crippen LogP contribution is -2.31. The van der Waals surface area contributed by atoms with E-state index < -0.39 is 5.82 Å². The smallest absolute Gasteiger partial charge is 0.334 e. The first-order chi connectivity index (χ1) is 16.6. The van der Waals surface area contributed by atoms with Crippen LogP contribution in [0.4, 0.5) is 4.39 Å². The second-order valence-corrected chi connectivity index (χ2v) is 8.17. The summed E-state index contributed by atoms with van der Waals surface area (Å²) in [4.78, 5) is 31.4. The van der Waals surface area contributed by atoms with Crippen LogP contribution in [0, 0.1) is 5.82 Å². The van der Waals surface area contributed by atoms with E-state index in [0.717, 1.165) is 5.56 Å². The monoisotopic (exact) mass is 458 g/mol. The summed E-state index contributed by atoms with van der Waals surface area (Å²) in [6.45, 7) is 4.73. The van der Waals surface area contributed by atoms with Crippen molar-refractivity contribution in [3.8, 4) is 11.4 Å². The molecule has 1 aliphatic rings. The minimum atomic E-state index is -0.561. The van der Waals surface area contributed by atoms with Gasteiger partial charge in [-0.05, 0) is 36.3 Å². The Balaban J connectivity index is 1.49. The zero-order valence-corrected chi connectivity index (χ0v) is 18.4. The Morgan fingerprint density at radius 2 is 2.00 bits per heavy atom. The lowest BCUT2D eigenvalue weighted by molar-refractivity contribution is -0.125. The molecule has 1 atom stereocenters. The predicted octanol–water partition coefficient (Wildman–Crippen LogP) is 3.86. The van der Waals surface area contributed by atoms with Gasteiger partial charge in [0.15, 0.2) is 11.6 Å². The number of carbonyl (C=O) groups is 1.